The molecule has 0 spiro atoms. The Hall–Kier alpha value is -0.620. The normalized spacial score (nSPS) is 19.4. The SMILES string of the molecule is CC(C)N(CC1CCNCC1)C(=O)C(C)S(C)(=O)=O. The largest absolute Gasteiger partial charge is 0.339 e. The van der Waals surface area contributed by atoms with Gasteiger partial charge in [-0.15, -0.1) is 0 Å². The quantitative estimate of drug-likeness (QED) is 0.807. The third-order valence-electron chi connectivity index (χ3n) is 3.81. The predicted octanol–water partition coefficient (Wildman–Crippen LogP) is 0.656. The van der Waals surface area contributed by atoms with Gasteiger partial charge in [0.2, 0.25) is 5.91 Å². The number of nitrogens with zero attached hydrogens (tertiary/aromatic N) is 1. The van der Waals surface area contributed by atoms with E-state index in [9.17, 15) is 13.2 Å². The van der Waals surface area contributed by atoms with Gasteiger partial charge >= 0.3 is 0 Å². The van der Waals surface area contributed by atoms with Gasteiger partial charge in [0.25, 0.3) is 0 Å². The van der Waals surface area contributed by atoms with Crippen LogP contribution < -0.4 is 5.32 Å². The number of amides is 1. The van der Waals surface area contributed by atoms with Crippen LogP contribution in [0.5, 0.6) is 0 Å². The molecule has 112 valence electrons. The average molecular weight is 290 g/mol. The van der Waals surface area contributed by atoms with E-state index in [0.717, 1.165) is 32.2 Å². The van der Waals surface area contributed by atoms with Gasteiger partial charge in [-0.25, -0.2) is 8.42 Å². The van der Waals surface area contributed by atoms with Gasteiger partial charge in [-0.3, -0.25) is 4.79 Å². The smallest absolute Gasteiger partial charge is 0.240 e. The third-order valence-corrected chi connectivity index (χ3v) is 5.30. The minimum atomic E-state index is -3.32. The molecule has 0 bridgehead atoms. The summed E-state index contributed by atoms with van der Waals surface area (Å²) in [6.07, 6.45) is 3.21. The van der Waals surface area contributed by atoms with Gasteiger partial charge in [-0.05, 0) is 52.6 Å². The number of sulfone groups is 1. The van der Waals surface area contributed by atoms with Gasteiger partial charge in [0, 0.05) is 18.8 Å². The van der Waals surface area contributed by atoms with Gasteiger partial charge in [0.1, 0.15) is 5.25 Å². The van der Waals surface area contributed by atoms with Crippen molar-refractivity contribution in [3.63, 3.8) is 0 Å². The van der Waals surface area contributed by atoms with E-state index in [2.05, 4.69) is 5.32 Å². The number of rotatable bonds is 5. The molecule has 6 heteroatoms. The summed E-state index contributed by atoms with van der Waals surface area (Å²) in [5.41, 5.74) is 0. The molecule has 0 aromatic heterocycles. The lowest BCUT2D eigenvalue weighted by Gasteiger charge is -2.34. The average Bonchev–Trinajstić information content (AvgIpc) is 2.34. The van der Waals surface area contributed by atoms with Gasteiger partial charge in [-0.2, -0.15) is 0 Å². The third kappa shape index (κ3) is 4.76. The van der Waals surface area contributed by atoms with Crippen molar-refractivity contribution >= 4 is 15.7 Å². The van der Waals surface area contributed by atoms with Crippen LogP contribution in [0.2, 0.25) is 0 Å². The highest BCUT2D eigenvalue weighted by molar-refractivity contribution is 7.92. The van der Waals surface area contributed by atoms with Crippen molar-refractivity contribution in [2.24, 2.45) is 5.92 Å². The standard InChI is InChI=1S/C13H26N2O3S/c1-10(2)15(9-12-5-7-14-8-6-12)13(16)11(3)19(4,17)18/h10-12,14H,5-9H2,1-4H3. The highest BCUT2D eigenvalue weighted by atomic mass is 32.2. The van der Waals surface area contributed by atoms with E-state index in [4.69, 9.17) is 0 Å². The maximum absolute atomic E-state index is 12.3. The van der Waals surface area contributed by atoms with Crippen molar-refractivity contribution in [3.8, 4) is 0 Å². The Bertz CT molecular complexity index is 400. The molecule has 1 saturated heterocycles. The zero-order chi connectivity index (χ0) is 14.6. The zero-order valence-electron chi connectivity index (χ0n) is 12.3. The number of carbonyl (C=O) groups is 1. The molecule has 1 atom stereocenters. The predicted molar refractivity (Wildman–Crippen MR) is 76.7 cm³/mol. The summed E-state index contributed by atoms with van der Waals surface area (Å²) in [6.45, 7) is 7.98. The number of nitrogens with one attached hydrogen (secondary N) is 1. The van der Waals surface area contributed by atoms with Crippen LogP contribution in [0, 0.1) is 5.92 Å². The van der Waals surface area contributed by atoms with Gasteiger partial charge in [0.05, 0.1) is 0 Å². The van der Waals surface area contributed by atoms with Crippen LogP contribution in [0.4, 0.5) is 0 Å². The second kappa shape index (κ2) is 6.70. The molecule has 1 unspecified atom stereocenters. The van der Waals surface area contributed by atoms with Crippen LogP contribution in [0.25, 0.3) is 0 Å². The topological polar surface area (TPSA) is 66.5 Å². The van der Waals surface area contributed by atoms with E-state index in [0.29, 0.717) is 12.5 Å². The number of piperidine rings is 1. The summed E-state index contributed by atoms with van der Waals surface area (Å²) in [4.78, 5) is 14.1. The Kier molecular flexibility index (Phi) is 5.80. The summed E-state index contributed by atoms with van der Waals surface area (Å²) >= 11 is 0. The van der Waals surface area contributed by atoms with Crippen LogP contribution in [-0.4, -0.2) is 56.4 Å². The maximum Gasteiger partial charge on any atom is 0.240 e. The molecular formula is C13H26N2O3S. The van der Waals surface area contributed by atoms with Crippen LogP contribution in [0.15, 0.2) is 0 Å². The van der Waals surface area contributed by atoms with Crippen molar-refractivity contribution < 1.29 is 13.2 Å². The highest BCUT2D eigenvalue weighted by Gasteiger charge is 2.31. The lowest BCUT2D eigenvalue weighted by atomic mass is 9.97. The molecule has 1 rings (SSSR count). The minimum absolute atomic E-state index is 0.0339. The van der Waals surface area contributed by atoms with Crippen molar-refractivity contribution in [3.05, 3.63) is 0 Å². The van der Waals surface area contributed by atoms with Crippen LogP contribution >= 0.6 is 0 Å². The molecule has 19 heavy (non-hydrogen) atoms. The Balaban J connectivity index is 2.74. The van der Waals surface area contributed by atoms with Crippen molar-refractivity contribution in [2.75, 3.05) is 25.9 Å². The first kappa shape index (κ1) is 16.4. The van der Waals surface area contributed by atoms with Gasteiger partial charge in [0.15, 0.2) is 9.84 Å². The summed E-state index contributed by atoms with van der Waals surface area (Å²) in [5, 5.41) is 2.35. The molecule has 1 heterocycles. The molecule has 1 N–H and O–H groups in total. The monoisotopic (exact) mass is 290 g/mol. The Morgan fingerprint density at radius 1 is 1.26 bits per heavy atom. The number of carbonyl (C=O) groups excluding carboxylic acids is 1. The van der Waals surface area contributed by atoms with Crippen molar-refractivity contribution in [2.45, 2.75) is 44.9 Å². The summed E-state index contributed by atoms with van der Waals surface area (Å²) in [5.74, 6) is 0.204. The molecule has 0 aromatic rings. The first-order valence-electron chi connectivity index (χ1n) is 6.93. The minimum Gasteiger partial charge on any atom is -0.339 e. The van der Waals surface area contributed by atoms with E-state index < -0.39 is 15.1 Å². The first-order valence-corrected chi connectivity index (χ1v) is 8.89. The molecule has 1 aliphatic heterocycles. The van der Waals surface area contributed by atoms with Gasteiger partial charge < -0.3 is 10.2 Å². The fraction of sp³-hybridized carbons (Fsp3) is 0.923. The molecular weight excluding hydrogens is 264 g/mol. The summed E-state index contributed by atoms with van der Waals surface area (Å²) in [7, 11) is -3.32. The van der Waals surface area contributed by atoms with Crippen molar-refractivity contribution in [1.82, 2.24) is 10.2 Å². The summed E-state index contributed by atoms with van der Waals surface area (Å²) < 4.78 is 23.1. The highest BCUT2D eigenvalue weighted by Crippen LogP contribution is 2.17. The zero-order valence-corrected chi connectivity index (χ0v) is 13.2. The number of hydrogen-bond donors (Lipinski definition) is 1. The van der Waals surface area contributed by atoms with Crippen LogP contribution in [-0.2, 0) is 14.6 Å². The van der Waals surface area contributed by atoms with E-state index in [-0.39, 0.29) is 11.9 Å². The van der Waals surface area contributed by atoms with Crippen LogP contribution in [0.3, 0.4) is 0 Å². The number of hydrogen-bond acceptors (Lipinski definition) is 4. The van der Waals surface area contributed by atoms with E-state index in [1.165, 1.54) is 6.92 Å². The molecule has 0 aliphatic carbocycles. The van der Waals surface area contributed by atoms with Crippen molar-refractivity contribution in [1.29, 1.82) is 0 Å². The van der Waals surface area contributed by atoms with Crippen LogP contribution in [0.1, 0.15) is 33.6 Å². The second-order valence-corrected chi connectivity index (χ2v) is 8.12. The fourth-order valence-electron chi connectivity index (χ4n) is 2.31. The molecule has 1 aliphatic rings. The Morgan fingerprint density at radius 3 is 2.21 bits per heavy atom. The molecule has 0 saturated carbocycles. The lowest BCUT2D eigenvalue weighted by molar-refractivity contribution is -0.133. The second-order valence-electron chi connectivity index (χ2n) is 5.75. The van der Waals surface area contributed by atoms with E-state index in [1.54, 1.807) is 4.90 Å². The Labute approximate surface area is 116 Å². The maximum atomic E-state index is 12.3. The summed E-state index contributed by atoms with van der Waals surface area (Å²) in [6, 6.07) is 0.0339. The fourth-order valence-corrected chi connectivity index (χ4v) is 2.82. The molecule has 1 amide bonds. The molecule has 0 aromatic carbocycles. The van der Waals surface area contributed by atoms with E-state index >= 15 is 0 Å². The lowest BCUT2D eigenvalue weighted by Crippen LogP contribution is -2.48. The first-order chi connectivity index (χ1) is 8.73. The van der Waals surface area contributed by atoms with E-state index in [1.807, 2.05) is 13.8 Å². The Morgan fingerprint density at radius 2 is 1.79 bits per heavy atom. The van der Waals surface area contributed by atoms with Gasteiger partial charge in [-0.1, -0.05) is 0 Å². The molecule has 5 nitrogen and oxygen atoms in total. The molecule has 1 fully saturated rings. The molecule has 0 radical (unpaired) electrons.